The number of aliphatic hydroxyl groups is 2. The van der Waals surface area contributed by atoms with Crippen LogP contribution in [0.5, 0.6) is 0 Å². The highest BCUT2D eigenvalue weighted by Gasteiger charge is 2.20. The van der Waals surface area contributed by atoms with Crippen molar-refractivity contribution in [1.82, 2.24) is 5.32 Å². The van der Waals surface area contributed by atoms with Crippen LogP contribution in [0.4, 0.5) is 0 Å². The number of aliphatic hydroxyl groups excluding tert-OH is 2. The number of carbonyl (C=O) groups excluding carboxylic acids is 2. The summed E-state index contributed by atoms with van der Waals surface area (Å²) in [5.41, 5.74) is 0. The highest BCUT2D eigenvalue weighted by molar-refractivity contribution is 5.76. The molecule has 73 heavy (non-hydrogen) atoms. The van der Waals surface area contributed by atoms with Gasteiger partial charge in [0.15, 0.2) is 0 Å². The molecule has 0 saturated carbocycles. The maximum atomic E-state index is 12.5. The van der Waals surface area contributed by atoms with Crippen molar-refractivity contribution in [2.45, 2.75) is 379 Å². The fourth-order valence-electron chi connectivity index (χ4n) is 10.4. The van der Waals surface area contributed by atoms with E-state index in [1.165, 1.54) is 283 Å². The number of carbonyl (C=O) groups is 2. The number of ether oxygens (including phenoxy) is 1. The van der Waals surface area contributed by atoms with Crippen molar-refractivity contribution in [1.29, 1.82) is 0 Å². The summed E-state index contributed by atoms with van der Waals surface area (Å²) in [6, 6.07) is -0.546. The Hall–Kier alpha value is -1.66. The van der Waals surface area contributed by atoms with Gasteiger partial charge in [-0.25, -0.2) is 0 Å². The average molecular weight is 1030 g/mol. The van der Waals surface area contributed by atoms with Crippen LogP contribution in [-0.2, 0) is 14.3 Å². The van der Waals surface area contributed by atoms with E-state index in [4.69, 9.17) is 4.74 Å². The van der Waals surface area contributed by atoms with Gasteiger partial charge in [-0.05, 0) is 51.4 Å². The van der Waals surface area contributed by atoms with Gasteiger partial charge in [-0.1, -0.05) is 327 Å². The molecule has 0 radical (unpaired) electrons. The van der Waals surface area contributed by atoms with E-state index in [0.29, 0.717) is 25.9 Å². The van der Waals surface area contributed by atoms with Gasteiger partial charge < -0.3 is 20.3 Å². The molecule has 6 nitrogen and oxygen atoms in total. The molecule has 0 aromatic rings. The molecule has 2 unspecified atom stereocenters. The molecule has 0 saturated heterocycles. The van der Waals surface area contributed by atoms with Crippen LogP contribution < -0.4 is 5.32 Å². The molecule has 0 spiro atoms. The number of rotatable bonds is 62. The molecule has 0 fully saturated rings. The number of allylic oxidation sites excluding steroid dienone is 4. The quantitative estimate of drug-likeness (QED) is 0.0320. The Morgan fingerprint density at radius 3 is 1.10 bits per heavy atom. The lowest BCUT2D eigenvalue weighted by molar-refractivity contribution is -0.143. The first-order valence-electron chi connectivity index (χ1n) is 33.1. The van der Waals surface area contributed by atoms with Crippen molar-refractivity contribution < 1.29 is 24.5 Å². The normalized spacial score (nSPS) is 12.7. The topological polar surface area (TPSA) is 95.9 Å². The third-order valence-electron chi connectivity index (χ3n) is 15.5. The van der Waals surface area contributed by atoms with Crippen LogP contribution in [0.2, 0.25) is 0 Å². The molecule has 0 heterocycles. The third-order valence-corrected chi connectivity index (χ3v) is 15.5. The molecule has 2 atom stereocenters. The van der Waals surface area contributed by atoms with Crippen molar-refractivity contribution in [3.05, 3.63) is 24.3 Å². The second-order valence-electron chi connectivity index (χ2n) is 22.8. The molecular weight excluding hydrogens is 899 g/mol. The Morgan fingerprint density at radius 1 is 0.384 bits per heavy atom. The summed E-state index contributed by atoms with van der Waals surface area (Å²) in [5.74, 6) is -0.0421. The zero-order valence-corrected chi connectivity index (χ0v) is 49.4. The minimum Gasteiger partial charge on any atom is -0.466 e. The monoisotopic (exact) mass is 1030 g/mol. The van der Waals surface area contributed by atoms with Crippen molar-refractivity contribution in [3.8, 4) is 0 Å². The van der Waals surface area contributed by atoms with Crippen LogP contribution in [0.25, 0.3) is 0 Å². The Kier molecular flexibility index (Phi) is 61.4. The van der Waals surface area contributed by atoms with Gasteiger partial charge in [-0.3, -0.25) is 9.59 Å². The summed E-state index contributed by atoms with van der Waals surface area (Å²) in [5, 5.41) is 23.4. The lowest BCUT2D eigenvalue weighted by Crippen LogP contribution is -2.45. The number of hydrogen-bond donors (Lipinski definition) is 3. The Bertz CT molecular complexity index is 1140. The van der Waals surface area contributed by atoms with E-state index in [9.17, 15) is 19.8 Å². The van der Waals surface area contributed by atoms with Gasteiger partial charge in [0.1, 0.15) is 0 Å². The lowest BCUT2D eigenvalue weighted by Gasteiger charge is -2.22. The van der Waals surface area contributed by atoms with Crippen LogP contribution in [0.1, 0.15) is 367 Å². The van der Waals surface area contributed by atoms with E-state index in [1.807, 2.05) is 0 Å². The summed E-state index contributed by atoms with van der Waals surface area (Å²) < 4.78 is 5.47. The molecule has 3 N–H and O–H groups in total. The summed E-state index contributed by atoms with van der Waals surface area (Å²) in [6.45, 7) is 4.91. The molecule has 432 valence electrons. The van der Waals surface area contributed by atoms with Crippen molar-refractivity contribution in [3.63, 3.8) is 0 Å². The first-order valence-corrected chi connectivity index (χ1v) is 33.1. The summed E-state index contributed by atoms with van der Waals surface area (Å²) >= 11 is 0. The maximum Gasteiger partial charge on any atom is 0.305 e. The van der Waals surface area contributed by atoms with E-state index in [1.54, 1.807) is 0 Å². The number of nitrogens with one attached hydrogen (secondary N) is 1. The van der Waals surface area contributed by atoms with Crippen LogP contribution in [0.3, 0.4) is 0 Å². The van der Waals surface area contributed by atoms with Gasteiger partial charge in [0.05, 0.1) is 25.4 Å². The second kappa shape index (κ2) is 62.9. The number of esters is 1. The summed E-state index contributed by atoms with van der Waals surface area (Å²) in [6.07, 6.45) is 77.7. The predicted molar refractivity (Wildman–Crippen MR) is 320 cm³/mol. The highest BCUT2D eigenvalue weighted by Crippen LogP contribution is 2.19. The Balaban J connectivity index is 3.41. The van der Waals surface area contributed by atoms with E-state index in [2.05, 4.69) is 43.5 Å². The molecular formula is C67H129NO5. The second-order valence-corrected chi connectivity index (χ2v) is 22.8. The van der Waals surface area contributed by atoms with Gasteiger partial charge in [0.2, 0.25) is 5.91 Å². The standard InChI is InChI=1S/C67H129NO5/c1-3-5-7-9-11-13-15-17-18-19-20-21-22-23-24-25-26-29-32-36-39-43-47-51-55-59-65(70)64(63-69)68-66(71)60-56-52-48-44-40-37-33-30-27-28-31-34-38-42-46-50-54-58-62-73-67(72)61-57-53-49-45-41-35-16-14-12-10-8-6-4-2/h8,10,14,16,64-65,69-70H,3-7,9,11-13,15,17-63H2,1-2H3,(H,68,71)/b10-8-,16-14-. The van der Waals surface area contributed by atoms with Crippen LogP contribution >= 0.6 is 0 Å². The van der Waals surface area contributed by atoms with E-state index in [0.717, 1.165) is 51.4 Å². The summed E-state index contributed by atoms with van der Waals surface area (Å²) in [4.78, 5) is 24.6. The van der Waals surface area contributed by atoms with E-state index < -0.39 is 12.1 Å². The van der Waals surface area contributed by atoms with E-state index >= 15 is 0 Å². The number of hydrogen-bond acceptors (Lipinski definition) is 5. The molecule has 0 aliphatic heterocycles. The average Bonchev–Trinajstić information content (AvgIpc) is 3.39. The summed E-state index contributed by atoms with van der Waals surface area (Å²) in [7, 11) is 0. The number of amides is 1. The molecule has 0 aromatic carbocycles. The number of unbranched alkanes of at least 4 members (excludes halogenated alkanes) is 47. The highest BCUT2D eigenvalue weighted by atomic mass is 16.5. The largest absolute Gasteiger partial charge is 0.466 e. The Labute approximate surface area is 456 Å². The first-order chi connectivity index (χ1) is 36.0. The molecule has 6 heteroatoms. The SMILES string of the molecule is CCC/C=C\C/C=C\CCCCCCCC(=O)OCCCCCCCCCCCCCCCCCCCCC(=O)NC(CO)C(O)CCCCCCCCCCCCCCCCCCCCCCCCCCC. The maximum absolute atomic E-state index is 12.5. The van der Waals surface area contributed by atoms with Crippen LogP contribution in [0, 0.1) is 0 Å². The van der Waals surface area contributed by atoms with Crippen molar-refractivity contribution >= 4 is 11.9 Å². The van der Waals surface area contributed by atoms with Crippen molar-refractivity contribution in [2.75, 3.05) is 13.2 Å². The smallest absolute Gasteiger partial charge is 0.305 e. The minimum atomic E-state index is -0.669. The van der Waals surface area contributed by atoms with Crippen LogP contribution in [0.15, 0.2) is 24.3 Å². The Morgan fingerprint density at radius 2 is 0.712 bits per heavy atom. The van der Waals surface area contributed by atoms with E-state index in [-0.39, 0.29) is 18.5 Å². The van der Waals surface area contributed by atoms with Crippen LogP contribution in [-0.4, -0.2) is 47.4 Å². The fraction of sp³-hybridized carbons (Fsp3) is 0.910. The molecule has 0 aromatic heterocycles. The van der Waals surface area contributed by atoms with Gasteiger partial charge in [0.25, 0.3) is 0 Å². The van der Waals surface area contributed by atoms with Gasteiger partial charge in [-0.15, -0.1) is 0 Å². The molecule has 0 aliphatic rings. The van der Waals surface area contributed by atoms with Crippen molar-refractivity contribution in [2.24, 2.45) is 0 Å². The molecule has 1 amide bonds. The van der Waals surface area contributed by atoms with Gasteiger partial charge in [-0.2, -0.15) is 0 Å². The predicted octanol–water partition coefficient (Wildman–Crippen LogP) is 21.0. The minimum absolute atomic E-state index is 0.00708. The zero-order valence-electron chi connectivity index (χ0n) is 49.4. The fourth-order valence-corrected chi connectivity index (χ4v) is 10.4. The lowest BCUT2D eigenvalue weighted by atomic mass is 10.0. The molecule has 0 rings (SSSR count). The first kappa shape index (κ1) is 71.3. The molecule has 0 bridgehead atoms. The van der Waals surface area contributed by atoms with Gasteiger partial charge in [0, 0.05) is 12.8 Å². The van der Waals surface area contributed by atoms with Gasteiger partial charge >= 0.3 is 5.97 Å². The zero-order chi connectivity index (χ0) is 52.9. The molecule has 0 aliphatic carbocycles. The third kappa shape index (κ3) is 59.4.